The first-order chi connectivity index (χ1) is 16.9. The SMILES string of the molecule is CCCC(=O)Oc1ccc(C=CC(=O)N(c2ccc(Cl)cc2)c2nccs2)cc1OC(=O)CCC. The molecule has 0 unspecified atom stereocenters. The van der Waals surface area contributed by atoms with Gasteiger partial charge in [0.15, 0.2) is 16.6 Å². The minimum atomic E-state index is -0.435. The van der Waals surface area contributed by atoms with Crippen LogP contribution in [0.4, 0.5) is 10.8 Å². The maximum absolute atomic E-state index is 13.2. The predicted octanol–water partition coefficient (Wildman–Crippen LogP) is 6.59. The summed E-state index contributed by atoms with van der Waals surface area (Å²) < 4.78 is 10.8. The summed E-state index contributed by atoms with van der Waals surface area (Å²) in [4.78, 5) is 43.0. The molecule has 9 heteroatoms. The lowest BCUT2D eigenvalue weighted by Gasteiger charge is -2.18. The largest absolute Gasteiger partial charge is 0.423 e. The number of esters is 2. The summed E-state index contributed by atoms with van der Waals surface area (Å²) in [7, 11) is 0. The summed E-state index contributed by atoms with van der Waals surface area (Å²) in [6.45, 7) is 3.73. The van der Waals surface area contributed by atoms with E-state index in [0.717, 1.165) is 0 Å². The van der Waals surface area contributed by atoms with Gasteiger partial charge in [-0.2, -0.15) is 0 Å². The molecule has 2 aromatic carbocycles. The fourth-order valence-electron chi connectivity index (χ4n) is 3.04. The summed E-state index contributed by atoms with van der Waals surface area (Å²) in [5, 5.41) is 2.85. The van der Waals surface area contributed by atoms with Gasteiger partial charge >= 0.3 is 11.9 Å². The highest BCUT2D eigenvalue weighted by Crippen LogP contribution is 2.31. The van der Waals surface area contributed by atoms with Crippen LogP contribution in [0.15, 0.2) is 60.1 Å². The number of thiazole rings is 1. The van der Waals surface area contributed by atoms with Gasteiger partial charge in [-0.05, 0) is 60.9 Å². The predicted molar refractivity (Wildman–Crippen MR) is 137 cm³/mol. The van der Waals surface area contributed by atoms with Gasteiger partial charge in [0.25, 0.3) is 5.91 Å². The second-order valence-electron chi connectivity index (χ2n) is 7.45. The molecular weight excluding hydrogens is 488 g/mol. The minimum absolute atomic E-state index is 0.122. The molecule has 0 aliphatic rings. The van der Waals surface area contributed by atoms with Crippen LogP contribution in [-0.4, -0.2) is 22.8 Å². The zero-order valence-corrected chi connectivity index (χ0v) is 21.0. The number of aromatic nitrogens is 1. The highest BCUT2D eigenvalue weighted by molar-refractivity contribution is 7.13. The number of carbonyl (C=O) groups is 3. The number of hydrogen-bond acceptors (Lipinski definition) is 7. The van der Waals surface area contributed by atoms with E-state index in [-0.39, 0.29) is 30.2 Å². The van der Waals surface area contributed by atoms with Crippen LogP contribution in [0.3, 0.4) is 0 Å². The number of rotatable bonds is 10. The van der Waals surface area contributed by atoms with Gasteiger partial charge in [0.2, 0.25) is 0 Å². The molecule has 0 bridgehead atoms. The van der Waals surface area contributed by atoms with Gasteiger partial charge in [-0.3, -0.25) is 19.3 Å². The number of halogens is 1. The van der Waals surface area contributed by atoms with Crippen molar-refractivity contribution in [1.82, 2.24) is 4.98 Å². The molecule has 35 heavy (non-hydrogen) atoms. The Bertz CT molecular complexity index is 1190. The van der Waals surface area contributed by atoms with Gasteiger partial charge in [0.1, 0.15) is 0 Å². The molecule has 0 saturated heterocycles. The maximum Gasteiger partial charge on any atom is 0.311 e. The van der Waals surface area contributed by atoms with E-state index in [1.807, 2.05) is 13.8 Å². The van der Waals surface area contributed by atoms with E-state index < -0.39 is 11.9 Å². The standard InChI is InChI=1S/C26H25ClN2O5S/c1-3-5-24(31)33-21-13-7-18(17-22(21)34-25(32)6-4-2)8-14-23(30)29(26-28-15-16-35-26)20-11-9-19(27)10-12-20/h7-17H,3-6H2,1-2H3. The third-order valence-corrected chi connectivity index (χ3v) is 5.67. The lowest BCUT2D eigenvalue weighted by Crippen LogP contribution is -2.23. The summed E-state index contributed by atoms with van der Waals surface area (Å²) >= 11 is 7.32. The van der Waals surface area contributed by atoms with E-state index in [4.69, 9.17) is 21.1 Å². The number of anilines is 2. The third kappa shape index (κ3) is 7.50. The Morgan fingerprint density at radius 2 is 1.63 bits per heavy atom. The van der Waals surface area contributed by atoms with Crippen molar-refractivity contribution >= 4 is 57.7 Å². The fourth-order valence-corrected chi connectivity index (χ4v) is 3.83. The van der Waals surface area contributed by atoms with Crippen molar-refractivity contribution in [3.05, 3.63) is 70.7 Å². The van der Waals surface area contributed by atoms with Crippen LogP contribution in [0.5, 0.6) is 11.5 Å². The van der Waals surface area contributed by atoms with Crippen LogP contribution < -0.4 is 14.4 Å². The molecule has 0 spiro atoms. The van der Waals surface area contributed by atoms with E-state index >= 15 is 0 Å². The molecule has 0 saturated carbocycles. The number of ether oxygens (including phenoxy) is 2. The third-order valence-electron chi connectivity index (χ3n) is 4.66. The molecular formula is C26H25ClN2O5S. The number of hydrogen-bond donors (Lipinski definition) is 0. The zero-order valence-electron chi connectivity index (χ0n) is 19.4. The molecule has 0 N–H and O–H groups in total. The number of benzene rings is 2. The highest BCUT2D eigenvalue weighted by atomic mass is 35.5. The fraction of sp³-hybridized carbons (Fsp3) is 0.231. The van der Waals surface area contributed by atoms with E-state index in [1.165, 1.54) is 22.3 Å². The smallest absolute Gasteiger partial charge is 0.311 e. The van der Waals surface area contributed by atoms with Crippen molar-refractivity contribution in [2.75, 3.05) is 4.90 Å². The summed E-state index contributed by atoms with van der Waals surface area (Å²) in [5.41, 5.74) is 1.20. The van der Waals surface area contributed by atoms with Gasteiger partial charge < -0.3 is 9.47 Å². The van der Waals surface area contributed by atoms with Gasteiger partial charge in [0, 0.05) is 35.5 Å². The first kappa shape index (κ1) is 26.1. The number of nitrogens with zero attached hydrogens (tertiary/aromatic N) is 2. The molecule has 0 radical (unpaired) electrons. The van der Waals surface area contributed by atoms with Crippen molar-refractivity contribution < 1.29 is 23.9 Å². The molecule has 1 amide bonds. The average molecular weight is 513 g/mol. The van der Waals surface area contributed by atoms with Crippen molar-refractivity contribution in [3.63, 3.8) is 0 Å². The second kappa shape index (κ2) is 12.8. The Kier molecular flexibility index (Phi) is 9.57. The maximum atomic E-state index is 13.2. The zero-order chi connectivity index (χ0) is 25.2. The quantitative estimate of drug-likeness (QED) is 0.173. The summed E-state index contributed by atoms with van der Waals surface area (Å²) in [6.07, 6.45) is 6.33. The Balaban J connectivity index is 1.87. The molecule has 7 nitrogen and oxygen atoms in total. The van der Waals surface area contributed by atoms with Gasteiger partial charge in [0.05, 0.1) is 5.69 Å². The van der Waals surface area contributed by atoms with E-state index in [0.29, 0.717) is 34.2 Å². The lowest BCUT2D eigenvalue weighted by molar-refractivity contribution is -0.137. The summed E-state index contributed by atoms with van der Waals surface area (Å²) in [6, 6.07) is 11.6. The molecule has 182 valence electrons. The van der Waals surface area contributed by atoms with Gasteiger partial charge in [-0.15, -0.1) is 11.3 Å². The van der Waals surface area contributed by atoms with Gasteiger partial charge in [-0.1, -0.05) is 31.5 Å². The van der Waals surface area contributed by atoms with Gasteiger partial charge in [-0.25, -0.2) is 4.98 Å². The Morgan fingerprint density at radius 3 is 2.23 bits per heavy atom. The monoisotopic (exact) mass is 512 g/mol. The Morgan fingerprint density at radius 1 is 0.971 bits per heavy atom. The molecule has 1 aromatic heterocycles. The van der Waals surface area contributed by atoms with E-state index in [9.17, 15) is 14.4 Å². The van der Waals surface area contributed by atoms with Crippen LogP contribution in [-0.2, 0) is 14.4 Å². The van der Waals surface area contributed by atoms with Crippen LogP contribution in [0.1, 0.15) is 45.1 Å². The molecule has 0 aliphatic heterocycles. The molecule has 0 aliphatic carbocycles. The summed E-state index contributed by atoms with van der Waals surface area (Å²) in [5.74, 6) is -0.903. The minimum Gasteiger partial charge on any atom is -0.423 e. The molecule has 0 atom stereocenters. The lowest BCUT2D eigenvalue weighted by atomic mass is 10.1. The van der Waals surface area contributed by atoms with Crippen molar-refractivity contribution in [2.24, 2.45) is 0 Å². The number of carbonyl (C=O) groups excluding carboxylic acids is 3. The van der Waals surface area contributed by atoms with E-state index in [2.05, 4.69) is 4.98 Å². The first-order valence-electron chi connectivity index (χ1n) is 11.1. The Hall–Kier alpha value is -3.49. The molecule has 3 rings (SSSR count). The Labute approximate surface area is 213 Å². The molecule has 3 aromatic rings. The van der Waals surface area contributed by atoms with E-state index in [1.54, 1.807) is 60.1 Å². The van der Waals surface area contributed by atoms with Crippen LogP contribution in [0.2, 0.25) is 5.02 Å². The van der Waals surface area contributed by atoms with Crippen molar-refractivity contribution in [2.45, 2.75) is 39.5 Å². The normalized spacial score (nSPS) is 10.8. The molecule has 0 fully saturated rings. The first-order valence-corrected chi connectivity index (χ1v) is 12.4. The highest BCUT2D eigenvalue weighted by Gasteiger charge is 2.19. The van der Waals surface area contributed by atoms with Crippen LogP contribution in [0.25, 0.3) is 6.08 Å². The topological polar surface area (TPSA) is 85.8 Å². The second-order valence-corrected chi connectivity index (χ2v) is 8.76. The van der Waals surface area contributed by atoms with Crippen LogP contribution in [0, 0.1) is 0 Å². The molecule has 1 heterocycles. The van der Waals surface area contributed by atoms with Crippen molar-refractivity contribution in [3.8, 4) is 11.5 Å². The van der Waals surface area contributed by atoms with Crippen molar-refractivity contribution in [1.29, 1.82) is 0 Å². The number of amides is 1. The average Bonchev–Trinajstić information content (AvgIpc) is 3.35. The van der Waals surface area contributed by atoms with Crippen LogP contribution >= 0.6 is 22.9 Å².